The lowest BCUT2D eigenvalue weighted by atomic mass is 10.0. The number of carbonyl (C=O) groups is 3. The van der Waals surface area contributed by atoms with Crippen molar-refractivity contribution in [2.45, 2.75) is 57.5 Å². The van der Waals surface area contributed by atoms with Gasteiger partial charge in [-0.25, -0.2) is 17.5 Å². The number of thiophene rings is 1. The molecule has 2 aromatic rings. The summed E-state index contributed by atoms with van der Waals surface area (Å²) in [6.07, 6.45) is 2.26. The SMILES string of the molecule is CCCCN(C)S(=O)(=O)c1ccc(C(=O)Nc2sc3c(c2C(=O)NC(=O)N(C)C)CCN(C(C)C)C3)cc1. The van der Waals surface area contributed by atoms with Gasteiger partial charge in [-0.3, -0.25) is 19.8 Å². The van der Waals surface area contributed by atoms with Gasteiger partial charge in [0, 0.05) is 57.3 Å². The van der Waals surface area contributed by atoms with E-state index in [1.165, 1.54) is 51.9 Å². The molecule has 4 amide bonds. The van der Waals surface area contributed by atoms with Crippen molar-refractivity contribution in [2.24, 2.45) is 0 Å². The molecule has 2 heterocycles. The topological polar surface area (TPSA) is 119 Å². The molecule has 208 valence electrons. The Morgan fingerprint density at radius 2 is 1.74 bits per heavy atom. The lowest BCUT2D eigenvalue weighted by molar-refractivity contribution is 0.0956. The third-order valence-electron chi connectivity index (χ3n) is 6.55. The van der Waals surface area contributed by atoms with Crippen LogP contribution in [0.15, 0.2) is 29.2 Å². The van der Waals surface area contributed by atoms with Crippen molar-refractivity contribution >= 4 is 44.2 Å². The number of benzene rings is 1. The van der Waals surface area contributed by atoms with Gasteiger partial charge in [0.15, 0.2) is 0 Å². The van der Waals surface area contributed by atoms with Gasteiger partial charge in [0.1, 0.15) is 5.00 Å². The van der Waals surface area contributed by atoms with Crippen LogP contribution in [0.4, 0.5) is 9.80 Å². The Morgan fingerprint density at radius 3 is 2.32 bits per heavy atom. The van der Waals surface area contributed by atoms with Crippen LogP contribution in [0, 0.1) is 0 Å². The highest BCUT2D eigenvalue weighted by molar-refractivity contribution is 7.89. The van der Waals surface area contributed by atoms with E-state index in [1.807, 2.05) is 6.92 Å². The summed E-state index contributed by atoms with van der Waals surface area (Å²) in [7, 11) is 0.970. The van der Waals surface area contributed by atoms with E-state index in [2.05, 4.69) is 29.4 Å². The van der Waals surface area contributed by atoms with E-state index < -0.39 is 27.9 Å². The number of hydrogen-bond acceptors (Lipinski definition) is 7. The number of sulfonamides is 1. The fraction of sp³-hybridized carbons (Fsp3) is 0.500. The second kappa shape index (κ2) is 12.4. The number of rotatable bonds is 9. The van der Waals surface area contributed by atoms with Crippen LogP contribution in [-0.4, -0.2) is 80.6 Å². The zero-order chi connectivity index (χ0) is 28.2. The van der Waals surface area contributed by atoms with Gasteiger partial charge in [-0.15, -0.1) is 11.3 Å². The van der Waals surface area contributed by atoms with Gasteiger partial charge in [0.25, 0.3) is 11.8 Å². The number of nitrogens with one attached hydrogen (secondary N) is 2. The van der Waals surface area contributed by atoms with Crippen LogP contribution in [0.1, 0.15) is 64.8 Å². The number of nitrogens with zero attached hydrogens (tertiary/aromatic N) is 3. The first-order valence-corrected chi connectivity index (χ1v) is 14.9. The molecule has 38 heavy (non-hydrogen) atoms. The molecule has 0 aliphatic carbocycles. The van der Waals surface area contributed by atoms with Crippen molar-refractivity contribution in [3.8, 4) is 0 Å². The minimum atomic E-state index is -3.65. The summed E-state index contributed by atoms with van der Waals surface area (Å²) in [4.78, 5) is 43.1. The molecule has 0 saturated carbocycles. The molecular weight excluding hydrogens is 526 g/mol. The predicted molar refractivity (Wildman–Crippen MR) is 149 cm³/mol. The number of carbonyl (C=O) groups excluding carboxylic acids is 3. The Hall–Kier alpha value is -2.80. The zero-order valence-electron chi connectivity index (χ0n) is 22.8. The Morgan fingerprint density at radius 1 is 1.08 bits per heavy atom. The van der Waals surface area contributed by atoms with E-state index in [1.54, 1.807) is 14.1 Å². The number of anilines is 1. The molecule has 0 bridgehead atoms. The lowest BCUT2D eigenvalue weighted by Crippen LogP contribution is -2.40. The van der Waals surface area contributed by atoms with Gasteiger partial charge in [0.2, 0.25) is 10.0 Å². The van der Waals surface area contributed by atoms with Gasteiger partial charge in [-0.2, -0.15) is 0 Å². The molecule has 0 spiro atoms. The maximum absolute atomic E-state index is 13.2. The summed E-state index contributed by atoms with van der Waals surface area (Å²) in [5.74, 6) is -1.04. The summed E-state index contributed by atoms with van der Waals surface area (Å²) in [6.45, 7) is 8.03. The number of fused-ring (bicyclic) bond motifs is 1. The average Bonchev–Trinajstić information content (AvgIpc) is 3.23. The van der Waals surface area contributed by atoms with Crippen molar-refractivity contribution in [1.29, 1.82) is 0 Å². The second-order valence-corrected chi connectivity index (χ2v) is 13.0. The van der Waals surface area contributed by atoms with E-state index >= 15 is 0 Å². The van der Waals surface area contributed by atoms with E-state index in [0.717, 1.165) is 29.8 Å². The number of unbranched alkanes of at least 4 members (excludes halogenated alkanes) is 1. The number of urea groups is 1. The Kier molecular flexibility index (Phi) is 9.69. The third-order valence-corrected chi connectivity index (χ3v) is 9.55. The summed E-state index contributed by atoms with van der Waals surface area (Å²) in [6, 6.07) is 5.52. The van der Waals surface area contributed by atoms with Crippen molar-refractivity contribution in [3.05, 3.63) is 45.8 Å². The summed E-state index contributed by atoms with van der Waals surface area (Å²) in [5.41, 5.74) is 1.39. The van der Waals surface area contributed by atoms with Gasteiger partial charge < -0.3 is 10.2 Å². The lowest BCUT2D eigenvalue weighted by Gasteiger charge is -2.30. The monoisotopic (exact) mass is 563 g/mol. The third kappa shape index (κ3) is 6.60. The van der Waals surface area contributed by atoms with Gasteiger partial charge in [-0.1, -0.05) is 13.3 Å². The molecular formula is C26H37N5O5S2. The van der Waals surface area contributed by atoms with Crippen LogP contribution >= 0.6 is 11.3 Å². The van der Waals surface area contributed by atoms with Crippen molar-refractivity contribution in [1.82, 2.24) is 19.4 Å². The first-order chi connectivity index (χ1) is 17.9. The molecule has 1 aromatic heterocycles. The number of imide groups is 1. The predicted octanol–water partition coefficient (Wildman–Crippen LogP) is 3.60. The molecule has 1 aromatic carbocycles. The Labute approximate surface area is 229 Å². The van der Waals surface area contributed by atoms with Crippen LogP contribution in [-0.2, 0) is 23.0 Å². The fourth-order valence-corrected chi connectivity index (χ4v) is 6.57. The molecule has 0 radical (unpaired) electrons. The summed E-state index contributed by atoms with van der Waals surface area (Å²) >= 11 is 1.33. The van der Waals surface area contributed by atoms with Crippen molar-refractivity contribution in [3.63, 3.8) is 0 Å². The Balaban J connectivity index is 1.87. The molecule has 0 fully saturated rings. The molecule has 1 aliphatic rings. The molecule has 12 heteroatoms. The van der Waals surface area contributed by atoms with E-state index in [0.29, 0.717) is 36.1 Å². The van der Waals surface area contributed by atoms with Crippen LogP contribution in [0.3, 0.4) is 0 Å². The normalized spacial score (nSPS) is 13.9. The molecule has 1 aliphatic heterocycles. The maximum atomic E-state index is 13.2. The minimum absolute atomic E-state index is 0.107. The quantitative estimate of drug-likeness (QED) is 0.481. The highest BCUT2D eigenvalue weighted by Gasteiger charge is 2.30. The minimum Gasteiger partial charge on any atom is -0.331 e. The Bertz CT molecular complexity index is 1290. The van der Waals surface area contributed by atoms with Crippen LogP contribution < -0.4 is 10.6 Å². The number of hydrogen-bond donors (Lipinski definition) is 2. The fourth-order valence-electron chi connectivity index (χ4n) is 4.10. The average molecular weight is 564 g/mol. The summed E-state index contributed by atoms with van der Waals surface area (Å²) in [5, 5.41) is 5.59. The van der Waals surface area contributed by atoms with Gasteiger partial charge >= 0.3 is 6.03 Å². The van der Waals surface area contributed by atoms with Crippen molar-refractivity contribution < 1.29 is 22.8 Å². The number of amides is 4. The molecule has 3 rings (SSSR count). The van der Waals surface area contributed by atoms with E-state index in [9.17, 15) is 22.8 Å². The highest BCUT2D eigenvalue weighted by atomic mass is 32.2. The first kappa shape index (κ1) is 29.8. The maximum Gasteiger partial charge on any atom is 0.323 e. The van der Waals surface area contributed by atoms with Crippen molar-refractivity contribution in [2.75, 3.05) is 39.5 Å². The standard InChI is InChI=1S/C26H37N5O5S2/c1-7-8-14-30(6)38(35,36)19-11-9-18(10-12-19)23(32)27-25-22(24(33)28-26(34)29(4)5)20-13-15-31(17(2)3)16-21(20)37-25/h9-12,17H,7-8,13-16H2,1-6H3,(H,27,32)(H,28,33,34). The first-order valence-electron chi connectivity index (χ1n) is 12.7. The zero-order valence-corrected chi connectivity index (χ0v) is 24.5. The van der Waals surface area contributed by atoms with Crippen LogP contribution in [0.5, 0.6) is 0 Å². The summed E-state index contributed by atoms with van der Waals surface area (Å²) < 4.78 is 26.9. The van der Waals surface area contributed by atoms with E-state index in [4.69, 9.17) is 0 Å². The second-order valence-electron chi connectivity index (χ2n) is 9.83. The highest BCUT2D eigenvalue weighted by Crippen LogP contribution is 2.38. The molecule has 10 nitrogen and oxygen atoms in total. The molecule has 0 unspecified atom stereocenters. The van der Waals surface area contributed by atoms with Gasteiger partial charge in [-0.05, 0) is 56.5 Å². The molecule has 0 atom stereocenters. The van der Waals surface area contributed by atoms with Crippen LogP contribution in [0.2, 0.25) is 0 Å². The van der Waals surface area contributed by atoms with E-state index in [-0.39, 0.29) is 10.5 Å². The largest absolute Gasteiger partial charge is 0.331 e. The van der Waals surface area contributed by atoms with Gasteiger partial charge in [0.05, 0.1) is 10.5 Å². The van der Waals surface area contributed by atoms with Crippen LogP contribution in [0.25, 0.3) is 0 Å². The molecule has 2 N–H and O–H groups in total. The smallest absolute Gasteiger partial charge is 0.323 e. The molecule has 0 saturated heterocycles.